The molecule has 0 spiro atoms. The molecule has 116 valence electrons. The summed E-state index contributed by atoms with van der Waals surface area (Å²) in [6, 6.07) is 0. The molecule has 0 saturated carbocycles. The quantitative estimate of drug-likeness (QED) is 0.772. The zero-order chi connectivity index (χ0) is 15.0. The first-order valence-corrected chi connectivity index (χ1v) is 8.91. The average Bonchev–Trinajstić information content (AvgIpc) is 2.93. The van der Waals surface area contributed by atoms with Crippen LogP contribution in [0.5, 0.6) is 11.5 Å². The van der Waals surface area contributed by atoms with E-state index >= 15 is 0 Å². The van der Waals surface area contributed by atoms with Crippen molar-refractivity contribution in [2.45, 2.75) is 13.0 Å². The Morgan fingerprint density at radius 2 is 2.14 bits per heavy atom. The van der Waals surface area contributed by atoms with Gasteiger partial charge in [-0.05, 0) is 0 Å². The third-order valence-corrected chi connectivity index (χ3v) is 5.24. The number of ether oxygens (including phenoxy) is 2. The largest absolute Gasteiger partial charge is 0.485 e. The molecular formula is C12H14FNO5S2. The van der Waals surface area contributed by atoms with Gasteiger partial charge < -0.3 is 14.4 Å². The molecule has 0 radical (unpaired) electrons. The van der Waals surface area contributed by atoms with Gasteiger partial charge in [0.2, 0.25) is 5.91 Å². The predicted octanol–water partition coefficient (Wildman–Crippen LogP) is 1.17. The van der Waals surface area contributed by atoms with Gasteiger partial charge in [-0.2, -0.15) is 8.42 Å². The fraction of sp³-hybridized carbons (Fsp3) is 0.583. The molecule has 2 aliphatic rings. The van der Waals surface area contributed by atoms with Crippen molar-refractivity contribution in [1.82, 2.24) is 4.90 Å². The maximum absolute atomic E-state index is 12.7. The van der Waals surface area contributed by atoms with E-state index in [-0.39, 0.29) is 18.9 Å². The molecule has 1 aromatic rings. The molecule has 0 aromatic carbocycles. The highest BCUT2D eigenvalue weighted by Gasteiger charge is 2.34. The van der Waals surface area contributed by atoms with Gasteiger partial charge in [-0.3, -0.25) is 4.79 Å². The van der Waals surface area contributed by atoms with Crippen LogP contribution in [-0.4, -0.2) is 44.7 Å². The summed E-state index contributed by atoms with van der Waals surface area (Å²) in [5, 5.41) is 1.83. The molecule has 0 N–H and O–H groups in total. The monoisotopic (exact) mass is 335 g/mol. The molecule has 6 nitrogen and oxygen atoms in total. The minimum absolute atomic E-state index is 0.0636. The van der Waals surface area contributed by atoms with Crippen molar-refractivity contribution in [3.05, 3.63) is 10.3 Å². The molecule has 1 aromatic heterocycles. The van der Waals surface area contributed by atoms with Gasteiger partial charge >= 0.3 is 10.2 Å². The van der Waals surface area contributed by atoms with Crippen molar-refractivity contribution < 1.29 is 26.6 Å². The van der Waals surface area contributed by atoms with Crippen LogP contribution in [0.1, 0.15) is 11.3 Å². The molecule has 1 atom stereocenters. The molecule has 1 saturated heterocycles. The minimum atomic E-state index is -4.55. The molecule has 0 aliphatic carbocycles. The summed E-state index contributed by atoms with van der Waals surface area (Å²) in [5.41, 5.74) is 0. The van der Waals surface area contributed by atoms with Crippen molar-refractivity contribution in [2.75, 3.05) is 25.5 Å². The number of halogens is 1. The van der Waals surface area contributed by atoms with Crippen LogP contribution in [0.4, 0.5) is 3.89 Å². The van der Waals surface area contributed by atoms with Gasteiger partial charge in [0, 0.05) is 24.3 Å². The number of carbonyl (C=O) groups excluding carboxylic acids is 1. The van der Waals surface area contributed by atoms with Gasteiger partial charge in [-0.25, -0.2) is 0 Å². The topological polar surface area (TPSA) is 72.9 Å². The first-order chi connectivity index (χ1) is 9.92. The lowest BCUT2D eigenvalue weighted by Crippen LogP contribution is -2.25. The smallest absolute Gasteiger partial charge is 0.302 e. The zero-order valence-corrected chi connectivity index (χ0v) is 12.7. The lowest BCUT2D eigenvalue weighted by molar-refractivity contribution is -0.128. The average molecular weight is 335 g/mol. The molecule has 3 rings (SSSR count). The summed E-state index contributed by atoms with van der Waals surface area (Å²) < 4.78 is 45.0. The Labute approximate surface area is 125 Å². The number of fused-ring (bicyclic) bond motifs is 1. The van der Waals surface area contributed by atoms with Crippen LogP contribution in [0.15, 0.2) is 5.38 Å². The van der Waals surface area contributed by atoms with Gasteiger partial charge in [0.1, 0.15) is 13.2 Å². The molecular weight excluding hydrogens is 321 g/mol. The Kier molecular flexibility index (Phi) is 3.78. The van der Waals surface area contributed by atoms with Gasteiger partial charge in [0.25, 0.3) is 0 Å². The molecule has 1 amide bonds. The van der Waals surface area contributed by atoms with Crippen LogP contribution in [-0.2, 0) is 21.6 Å². The van der Waals surface area contributed by atoms with E-state index in [9.17, 15) is 17.1 Å². The molecule has 1 fully saturated rings. The van der Waals surface area contributed by atoms with Gasteiger partial charge in [-0.15, -0.1) is 15.2 Å². The molecule has 0 bridgehead atoms. The lowest BCUT2D eigenvalue weighted by Gasteiger charge is -2.19. The number of likely N-dealkylation sites (tertiary alicyclic amines) is 1. The van der Waals surface area contributed by atoms with Crippen molar-refractivity contribution in [2.24, 2.45) is 5.92 Å². The summed E-state index contributed by atoms with van der Waals surface area (Å²) in [4.78, 5) is 14.3. The van der Waals surface area contributed by atoms with E-state index in [0.717, 1.165) is 4.88 Å². The first kappa shape index (κ1) is 14.6. The van der Waals surface area contributed by atoms with Crippen LogP contribution in [0, 0.1) is 5.92 Å². The van der Waals surface area contributed by atoms with E-state index in [1.165, 1.54) is 11.3 Å². The fourth-order valence-corrected chi connectivity index (χ4v) is 4.31. The summed E-state index contributed by atoms with van der Waals surface area (Å²) in [6.45, 7) is 1.55. The van der Waals surface area contributed by atoms with E-state index in [1.807, 2.05) is 5.38 Å². The maximum Gasteiger partial charge on any atom is 0.302 e. The van der Waals surface area contributed by atoms with Crippen molar-refractivity contribution in [1.29, 1.82) is 0 Å². The Morgan fingerprint density at radius 3 is 2.90 bits per heavy atom. The van der Waals surface area contributed by atoms with E-state index in [4.69, 9.17) is 9.47 Å². The summed E-state index contributed by atoms with van der Waals surface area (Å²) in [7, 11) is -4.55. The van der Waals surface area contributed by atoms with Crippen LogP contribution in [0.3, 0.4) is 0 Å². The zero-order valence-electron chi connectivity index (χ0n) is 11.1. The van der Waals surface area contributed by atoms with E-state index in [1.54, 1.807) is 4.90 Å². The normalized spacial score (nSPS) is 21.9. The lowest BCUT2D eigenvalue weighted by atomic mass is 10.1. The van der Waals surface area contributed by atoms with E-state index < -0.39 is 21.9 Å². The number of carbonyl (C=O) groups is 1. The van der Waals surface area contributed by atoms with Crippen molar-refractivity contribution in [3.63, 3.8) is 0 Å². The Bertz CT molecular complexity index is 657. The van der Waals surface area contributed by atoms with Crippen LogP contribution in [0.2, 0.25) is 0 Å². The number of rotatable bonds is 4. The highest BCUT2D eigenvalue weighted by atomic mass is 32.3. The maximum atomic E-state index is 12.7. The van der Waals surface area contributed by atoms with Gasteiger partial charge in [0.15, 0.2) is 11.5 Å². The van der Waals surface area contributed by atoms with Crippen LogP contribution in [0.25, 0.3) is 0 Å². The second-order valence-electron chi connectivity index (χ2n) is 5.10. The number of thiophene rings is 1. The molecule has 3 heterocycles. The minimum Gasteiger partial charge on any atom is -0.485 e. The highest BCUT2D eigenvalue weighted by Crippen LogP contribution is 2.40. The second kappa shape index (κ2) is 5.45. The second-order valence-corrected chi connectivity index (χ2v) is 7.47. The fourth-order valence-electron chi connectivity index (χ4n) is 2.60. The van der Waals surface area contributed by atoms with Gasteiger partial charge in [-0.1, -0.05) is 0 Å². The SMILES string of the molecule is O=C1CC(CS(=O)(=O)F)CN1Cc1scc2c1OCCO2. The summed E-state index contributed by atoms with van der Waals surface area (Å²) in [5.74, 6) is 0.0802. The standard InChI is InChI=1S/C12H14FNO5S2/c13-21(16,17)7-8-3-11(15)14(4-8)5-10-12-9(6-20-10)18-1-2-19-12/h6,8H,1-5,7H2. The Morgan fingerprint density at radius 1 is 1.38 bits per heavy atom. The van der Waals surface area contributed by atoms with E-state index in [2.05, 4.69) is 0 Å². The summed E-state index contributed by atoms with van der Waals surface area (Å²) in [6.07, 6.45) is 0.0636. The molecule has 1 unspecified atom stereocenters. The van der Waals surface area contributed by atoms with Crippen LogP contribution >= 0.6 is 11.3 Å². The van der Waals surface area contributed by atoms with Crippen molar-refractivity contribution in [3.8, 4) is 11.5 Å². The predicted molar refractivity (Wildman–Crippen MR) is 73.7 cm³/mol. The van der Waals surface area contributed by atoms with Gasteiger partial charge in [0.05, 0.1) is 17.2 Å². The molecule has 21 heavy (non-hydrogen) atoms. The van der Waals surface area contributed by atoms with Crippen molar-refractivity contribution >= 4 is 27.5 Å². The molecule has 9 heteroatoms. The highest BCUT2D eigenvalue weighted by molar-refractivity contribution is 7.86. The van der Waals surface area contributed by atoms with E-state index in [0.29, 0.717) is 31.3 Å². The number of hydrogen-bond acceptors (Lipinski definition) is 6. The Balaban J connectivity index is 1.68. The van der Waals surface area contributed by atoms with Crippen LogP contribution < -0.4 is 9.47 Å². The number of hydrogen-bond donors (Lipinski definition) is 0. The Hall–Kier alpha value is -1.35. The third-order valence-electron chi connectivity index (χ3n) is 3.44. The third kappa shape index (κ3) is 3.29. The first-order valence-electron chi connectivity index (χ1n) is 6.48. The number of nitrogens with zero attached hydrogens (tertiary/aromatic N) is 1. The molecule has 2 aliphatic heterocycles. The summed E-state index contributed by atoms with van der Waals surface area (Å²) >= 11 is 1.43. The number of amides is 1.